The number of aliphatic hydroxyl groups excluding tert-OH is 4. The second-order valence-electron chi connectivity index (χ2n) is 14.7. The minimum absolute atomic E-state index is 0. The topological polar surface area (TPSA) is 193 Å². The number of piperidine rings is 2. The Kier molecular flexibility index (Phi) is 25.8. The molecule has 0 unspecified atom stereocenters. The molecule has 50 heavy (non-hydrogen) atoms. The highest BCUT2D eigenvalue weighted by molar-refractivity contribution is 5.78. The Balaban J connectivity index is -0.000000678. The Morgan fingerprint density at radius 2 is 0.840 bits per heavy atom. The van der Waals surface area contributed by atoms with Gasteiger partial charge in [-0.2, -0.15) is 0 Å². The first-order valence-corrected chi connectivity index (χ1v) is 17.0. The number of carbonyl (C=O) groups is 4. The van der Waals surface area contributed by atoms with Crippen molar-refractivity contribution in [3.8, 4) is 0 Å². The van der Waals surface area contributed by atoms with Crippen LogP contribution in [0.2, 0.25) is 0 Å². The average Bonchev–Trinajstić information content (AvgIpc) is 2.97. The van der Waals surface area contributed by atoms with Crippen molar-refractivity contribution in [1.82, 2.24) is 9.80 Å². The standard InChI is InChI=1S/C16H29NO5.C11H23NO2.C6H10O4.C2H6O.CH4/c1-15(2)10-12(18)11-16(3,4)17(15)8-9-22-14(20)7-6-13(19)21-5;1-10(2)7-9(14)8-11(3,4)12(10)5-6-13;1-9-5(7)3-4-6(8)10-2;1-2-3;/h12,18H,6-11H2,1-5H3;9,13-14H,5-8H2,1-4H3;3-4H2,1-2H3;3H,2H2,1H3;1H4. The molecule has 14 nitrogen and oxygen atoms in total. The Hall–Kier alpha value is -2.36. The molecule has 0 aromatic heterocycles. The number of β-amino-alcohol motifs (C(OH)–C–C–N with tert-alkyl or cyclic N) is 1. The first kappa shape index (κ1) is 52.0. The molecule has 0 aliphatic carbocycles. The zero-order chi connectivity index (χ0) is 38.6. The van der Waals surface area contributed by atoms with E-state index in [1.54, 1.807) is 6.92 Å². The zero-order valence-corrected chi connectivity index (χ0v) is 32.3. The molecule has 298 valence electrons. The van der Waals surface area contributed by atoms with Gasteiger partial charge in [-0.3, -0.25) is 29.0 Å². The molecule has 2 saturated heterocycles. The average molecular weight is 725 g/mol. The Bertz CT molecular complexity index is 932. The number of aliphatic hydroxyl groups is 4. The molecule has 4 N–H and O–H groups in total. The first-order chi connectivity index (χ1) is 22.5. The molecule has 2 aliphatic rings. The summed E-state index contributed by atoms with van der Waals surface area (Å²) in [5, 5.41) is 36.4. The number of hydrogen-bond donors (Lipinski definition) is 4. The van der Waals surface area contributed by atoms with Gasteiger partial charge in [0.05, 0.1) is 65.8 Å². The number of nitrogens with zero attached hydrogens (tertiary/aromatic N) is 2. The smallest absolute Gasteiger partial charge is 0.306 e. The van der Waals surface area contributed by atoms with Gasteiger partial charge in [-0.05, 0) is 88.0 Å². The second kappa shape index (κ2) is 24.8. The van der Waals surface area contributed by atoms with Crippen LogP contribution >= 0.6 is 0 Å². The predicted octanol–water partition coefficient (Wildman–Crippen LogP) is 3.24. The number of hydrogen-bond acceptors (Lipinski definition) is 14. The summed E-state index contributed by atoms with van der Waals surface area (Å²) in [4.78, 5) is 47.9. The molecule has 0 spiro atoms. The molecule has 14 heteroatoms. The SMILES string of the molecule is C.CC1(C)CC(O)CC(C)(C)N1CCO.CCO.COC(=O)CCC(=O)OC.COC(=O)CCC(=O)OCCN1C(C)(C)CC(O)CC1(C)C. The lowest BCUT2D eigenvalue weighted by atomic mass is 9.78. The van der Waals surface area contributed by atoms with Gasteiger partial charge in [0.25, 0.3) is 0 Å². The second-order valence-corrected chi connectivity index (χ2v) is 14.7. The van der Waals surface area contributed by atoms with Crippen LogP contribution in [-0.2, 0) is 38.1 Å². The molecule has 0 atom stereocenters. The molecule has 2 aliphatic heterocycles. The van der Waals surface area contributed by atoms with Crippen LogP contribution < -0.4 is 0 Å². The lowest BCUT2D eigenvalue weighted by Crippen LogP contribution is -2.62. The van der Waals surface area contributed by atoms with E-state index in [0.717, 1.165) is 12.8 Å². The molecule has 0 bridgehead atoms. The van der Waals surface area contributed by atoms with Crippen LogP contribution in [0.1, 0.15) is 121 Å². The summed E-state index contributed by atoms with van der Waals surface area (Å²) in [5.74, 6) is -1.60. The van der Waals surface area contributed by atoms with Crippen LogP contribution in [0.15, 0.2) is 0 Å². The maximum absolute atomic E-state index is 11.6. The molecule has 0 aromatic carbocycles. The van der Waals surface area contributed by atoms with Crippen molar-refractivity contribution in [3.63, 3.8) is 0 Å². The van der Waals surface area contributed by atoms with Gasteiger partial charge in [0.1, 0.15) is 6.61 Å². The Labute approximate surface area is 301 Å². The number of rotatable bonds is 11. The summed E-state index contributed by atoms with van der Waals surface area (Å²) in [6.07, 6.45) is 2.72. The van der Waals surface area contributed by atoms with Crippen LogP contribution in [0, 0.1) is 0 Å². The van der Waals surface area contributed by atoms with Crippen LogP contribution in [0.25, 0.3) is 0 Å². The van der Waals surface area contributed by atoms with E-state index in [-0.39, 0.29) is 87.3 Å². The van der Waals surface area contributed by atoms with E-state index in [9.17, 15) is 29.4 Å². The van der Waals surface area contributed by atoms with Gasteiger partial charge in [0.2, 0.25) is 0 Å². The van der Waals surface area contributed by atoms with Gasteiger partial charge in [0.15, 0.2) is 0 Å². The quantitative estimate of drug-likeness (QED) is 0.179. The minimum atomic E-state index is -0.413. The van der Waals surface area contributed by atoms with Crippen LogP contribution in [0.3, 0.4) is 0 Å². The van der Waals surface area contributed by atoms with Gasteiger partial charge in [-0.1, -0.05) is 7.43 Å². The van der Waals surface area contributed by atoms with Crippen molar-refractivity contribution in [2.75, 3.05) is 54.2 Å². The van der Waals surface area contributed by atoms with Crippen LogP contribution in [0.4, 0.5) is 0 Å². The van der Waals surface area contributed by atoms with Crippen molar-refractivity contribution in [1.29, 1.82) is 0 Å². The van der Waals surface area contributed by atoms with E-state index in [1.165, 1.54) is 21.3 Å². The summed E-state index contributed by atoms with van der Waals surface area (Å²) in [7, 11) is 3.85. The van der Waals surface area contributed by atoms with Gasteiger partial charge in [0, 0.05) is 41.9 Å². The number of esters is 4. The number of ether oxygens (including phenoxy) is 4. The highest BCUT2D eigenvalue weighted by atomic mass is 16.5. The summed E-state index contributed by atoms with van der Waals surface area (Å²) < 4.78 is 18.3. The molecule has 2 fully saturated rings. The largest absolute Gasteiger partial charge is 0.469 e. The third kappa shape index (κ3) is 20.5. The Morgan fingerprint density at radius 3 is 1.10 bits per heavy atom. The van der Waals surface area contributed by atoms with Gasteiger partial charge in [-0.15, -0.1) is 0 Å². The molecular weight excluding hydrogens is 652 g/mol. The molecule has 0 saturated carbocycles. The molecule has 2 rings (SSSR count). The molecule has 2 heterocycles. The first-order valence-electron chi connectivity index (χ1n) is 17.0. The fraction of sp³-hybridized carbons (Fsp3) is 0.889. The monoisotopic (exact) mass is 725 g/mol. The number of methoxy groups -OCH3 is 3. The Morgan fingerprint density at radius 1 is 0.580 bits per heavy atom. The highest BCUT2D eigenvalue weighted by Gasteiger charge is 2.45. The van der Waals surface area contributed by atoms with E-state index >= 15 is 0 Å². The number of carbonyl (C=O) groups excluding carboxylic acids is 4. The van der Waals surface area contributed by atoms with Crippen molar-refractivity contribution in [3.05, 3.63) is 0 Å². The van der Waals surface area contributed by atoms with Crippen LogP contribution in [-0.4, -0.2) is 143 Å². The van der Waals surface area contributed by atoms with E-state index in [1.807, 2.05) is 0 Å². The maximum Gasteiger partial charge on any atom is 0.306 e. The maximum atomic E-state index is 11.6. The molecular formula is C36H72N2O12. The fourth-order valence-corrected chi connectivity index (χ4v) is 6.88. The van der Waals surface area contributed by atoms with Gasteiger partial charge < -0.3 is 39.4 Å². The molecule has 0 amide bonds. The van der Waals surface area contributed by atoms with E-state index in [4.69, 9.17) is 14.9 Å². The third-order valence-corrected chi connectivity index (χ3v) is 8.51. The lowest BCUT2D eigenvalue weighted by Gasteiger charge is -2.54. The minimum Gasteiger partial charge on any atom is -0.469 e. The predicted molar refractivity (Wildman–Crippen MR) is 192 cm³/mol. The van der Waals surface area contributed by atoms with E-state index in [0.29, 0.717) is 25.9 Å². The van der Waals surface area contributed by atoms with Gasteiger partial charge in [-0.25, -0.2) is 0 Å². The third-order valence-electron chi connectivity index (χ3n) is 8.51. The number of likely N-dealkylation sites (tertiary alicyclic amines) is 2. The van der Waals surface area contributed by atoms with E-state index in [2.05, 4.69) is 79.4 Å². The van der Waals surface area contributed by atoms with E-state index < -0.39 is 23.9 Å². The normalized spacial score (nSPS) is 19.3. The van der Waals surface area contributed by atoms with Crippen molar-refractivity contribution in [2.45, 2.75) is 155 Å². The van der Waals surface area contributed by atoms with Crippen molar-refractivity contribution < 1.29 is 58.6 Å². The van der Waals surface area contributed by atoms with Crippen molar-refractivity contribution >= 4 is 23.9 Å². The summed E-state index contributed by atoms with van der Waals surface area (Å²) >= 11 is 0. The summed E-state index contributed by atoms with van der Waals surface area (Å²) in [6.45, 7) is 20.6. The van der Waals surface area contributed by atoms with Gasteiger partial charge >= 0.3 is 23.9 Å². The fourth-order valence-electron chi connectivity index (χ4n) is 6.88. The zero-order valence-electron chi connectivity index (χ0n) is 32.3. The summed E-state index contributed by atoms with van der Waals surface area (Å²) in [5.41, 5.74) is -0.354. The molecule has 0 radical (unpaired) electrons. The van der Waals surface area contributed by atoms with Crippen LogP contribution in [0.5, 0.6) is 0 Å². The van der Waals surface area contributed by atoms with Crippen molar-refractivity contribution in [2.24, 2.45) is 0 Å². The summed E-state index contributed by atoms with van der Waals surface area (Å²) in [6, 6.07) is 0. The lowest BCUT2D eigenvalue weighted by molar-refractivity contribution is -0.151. The highest BCUT2D eigenvalue weighted by Crippen LogP contribution is 2.39. The molecule has 0 aromatic rings.